The summed E-state index contributed by atoms with van der Waals surface area (Å²) in [6.45, 7) is 0.896. The summed E-state index contributed by atoms with van der Waals surface area (Å²) in [5, 5.41) is 0. The highest BCUT2D eigenvalue weighted by Gasteiger charge is 2.08. The van der Waals surface area contributed by atoms with E-state index in [4.69, 9.17) is 0 Å². The Morgan fingerprint density at radius 3 is 3.07 bits per heavy atom. The average molecular weight is 325 g/mol. The number of anilines is 1. The molecule has 0 bridgehead atoms. The minimum Gasteiger partial charge on any atom is -0.358 e. The first-order valence-corrected chi connectivity index (χ1v) is 6.57. The second-order valence-corrected chi connectivity index (χ2v) is 4.85. The van der Waals surface area contributed by atoms with Crippen LogP contribution in [0.5, 0.6) is 0 Å². The number of halogens is 1. The van der Waals surface area contributed by atoms with Gasteiger partial charge in [0, 0.05) is 19.3 Å². The lowest BCUT2D eigenvalue weighted by molar-refractivity contribution is 0.921. The lowest BCUT2D eigenvalue weighted by Gasteiger charge is -2.17. The maximum absolute atomic E-state index is 11.3. The molecule has 0 amide bonds. The third-order valence-corrected chi connectivity index (χ3v) is 3.33. The molecule has 0 unspecified atom stereocenters. The molecule has 0 atom stereocenters. The molecule has 0 aliphatic heterocycles. The highest BCUT2D eigenvalue weighted by Crippen LogP contribution is 2.13. The lowest BCUT2D eigenvalue weighted by atomic mass is 10.5. The third kappa shape index (κ3) is 2.88. The Morgan fingerprint density at radius 2 is 2.43 bits per heavy atom. The Morgan fingerprint density at radius 1 is 1.71 bits per heavy atom. The zero-order valence-corrected chi connectivity index (χ0v) is 11.1. The fourth-order valence-electron chi connectivity index (χ4n) is 0.974. The summed E-state index contributed by atoms with van der Waals surface area (Å²) in [4.78, 5) is 20.0. The summed E-state index contributed by atoms with van der Waals surface area (Å²) < 4.78 is 0.647. The van der Waals surface area contributed by atoms with Gasteiger partial charge in [-0.2, -0.15) is 11.8 Å². The summed E-state index contributed by atoms with van der Waals surface area (Å²) in [7, 11) is 1.94. The Bertz CT molecular complexity index is 355. The van der Waals surface area contributed by atoms with E-state index < -0.39 is 0 Å². The molecule has 1 rings (SSSR count). The summed E-state index contributed by atoms with van der Waals surface area (Å²) in [6, 6.07) is 0. The number of rotatable bonds is 4. The molecule has 0 aromatic carbocycles. The van der Waals surface area contributed by atoms with E-state index in [1.807, 2.05) is 34.5 Å². The van der Waals surface area contributed by atoms with Gasteiger partial charge in [-0.1, -0.05) is 0 Å². The van der Waals surface area contributed by atoms with E-state index in [0.717, 1.165) is 18.1 Å². The molecule has 1 aromatic rings. The fraction of sp³-hybridized carbons (Fsp3) is 0.500. The van der Waals surface area contributed by atoms with Gasteiger partial charge in [-0.05, 0) is 28.8 Å². The number of aromatic amines is 1. The van der Waals surface area contributed by atoms with Crippen LogP contribution < -0.4 is 10.5 Å². The summed E-state index contributed by atoms with van der Waals surface area (Å²) in [6.07, 6.45) is 3.50. The lowest BCUT2D eigenvalue weighted by Crippen LogP contribution is -2.25. The molecule has 1 heterocycles. The van der Waals surface area contributed by atoms with E-state index >= 15 is 0 Å². The van der Waals surface area contributed by atoms with Gasteiger partial charge in [0.05, 0.1) is 6.33 Å². The first-order valence-electron chi connectivity index (χ1n) is 4.10. The first-order chi connectivity index (χ1) is 6.66. The number of H-pyrrole nitrogens is 1. The quantitative estimate of drug-likeness (QED) is 0.845. The van der Waals surface area contributed by atoms with E-state index in [2.05, 4.69) is 16.2 Å². The largest absolute Gasteiger partial charge is 0.358 e. The van der Waals surface area contributed by atoms with Gasteiger partial charge in [0.1, 0.15) is 9.39 Å². The van der Waals surface area contributed by atoms with Gasteiger partial charge in [0.15, 0.2) is 0 Å². The van der Waals surface area contributed by atoms with Crippen molar-refractivity contribution in [2.24, 2.45) is 0 Å². The highest BCUT2D eigenvalue weighted by atomic mass is 127. The van der Waals surface area contributed by atoms with Crippen molar-refractivity contribution in [1.82, 2.24) is 9.97 Å². The second-order valence-electron chi connectivity index (χ2n) is 2.78. The number of thioether (sulfide) groups is 1. The van der Waals surface area contributed by atoms with E-state index in [1.54, 1.807) is 11.8 Å². The molecular formula is C8H12IN3OS. The Balaban J connectivity index is 2.84. The van der Waals surface area contributed by atoms with Crippen molar-refractivity contribution >= 4 is 40.2 Å². The SMILES string of the molecule is CSCCN(C)c1nc[nH]c(=O)c1I. The number of hydrogen-bond acceptors (Lipinski definition) is 4. The van der Waals surface area contributed by atoms with Gasteiger partial charge < -0.3 is 9.88 Å². The minimum absolute atomic E-state index is 0.0772. The van der Waals surface area contributed by atoms with E-state index in [0.29, 0.717) is 3.57 Å². The predicted molar refractivity (Wildman–Crippen MR) is 69.2 cm³/mol. The standard InChI is InChI=1S/C8H12IN3OS/c1-12(3-4-14-2)7-6(9)8(13)11-5-10-7/h5H,3-4H2,1-2H3,(H,10,11,13). The van der Waals surface area contributed by atoms with Crippen LogP contribution in [0.3, 0.4) is 0 Å². The molecule has 0 aliphatic rings. The smallest absolute Gasteiger partial charge is 0.266 e. The van der Waals surface area contributed by atoms with Crippen LogP contribution >= 0.6 is 34.4 Å². The molecule has 1 aromatic heterocycles. The van der Waals surface area contributed by atoms with Crippen molar-refractivity contribution in [3.63, 3.8) is 0 Å². The van der Waals surface area contributed by atoms with Crippen LogP contribution in [-0.2, 0) is 0 Å². The van der Waals surface area contributed by atoms with Crippen molar-refractivity contribution in [2.45, 2.75) is 0 Å². The van der Waals surface area contributed by atoms with Crippen LogP contribution in [0.15, 0.2) is 11.1 Å². The maximum atomic E-state index is 11.3. The number of nitrogens with one attached hydrogen (secondary N) is 1. The van der Waals surface area contributed by atoms with Crippen molar-refractivity contribution in [2.75, 3.05) is 30.5 Å². The van der Waals surface area contributed by atoms with Crippen LogP contribution in [-0.4, -0.2) is 35.6 Å². The Kier molecular flexibility index (Phi) is 4.73. The van der Waals surface area contributed by atoms with E-state index in [9.17, 15) is 4.79 Å². The molecule has 0 saturated heterocycles. The van der Waals surface area contributed by atoms with Crippen LogP contribution in [0, 0.1) is 3.57 Å². The average Bonchev–Trinajstić information content (AvgIpc) is 2.18. The first kappa shape index (κ1) is 11.8. The molecule has 1 N–H and O–H groups in total. The van der Waals surface area contributed by atoms with Crippen molar-refractivity contribution in [3.05, 3.63) is 20.3 Å². The second kappa shape index (κ2) is 5.59. The normalized spacial score (nSPS) is 10.2. The fourth-order valence-corrected chi connectivity index (χ4v) is 2.14. The maximum Gasteiger partial charge on any atom is 0.266 e. The molecule has 6 heteroatoms. The van der Waals surface area contributed by atoms with Gasteiger partial charge in [-0.15, -0.1) is 0 Å². The van der Waals surface area contributed by atoms with Crippen molar-refractivity contribution < 1.29 is 0 Å². The van der Waals surface area contributed by atoms with Crippen LogP contribution in [0.1, 0.15) is 0 Å². The molecule has 78 valence electrons. The molecule has 4 nitrogen and oxygen atoms in total. The van der Waals surface area contributed by atoms with E-state index in [-0.39, 0.29) is 5.56 Å². The summed E-state index contributed by atoms with van der Waals surface area (Å²) >= 11 is 3.79. The molecule has 0 fully saturated rings. The molecule has 0 spiro atoms. The highest BCUT2D eigenvalue weighted by molar-refractivity contribution is 14.1. The Labute approximate surface area is 101 Å². The number of hydrogen-bond donors (Lipinski definition) is 1. The summed E-state index contributed by atoms with van der Waals surface area (Å²) in [5.41, 5.74) is -0.0772. The van der Waals surface area contributed by atoms with Crippen molar-refractivity contribution in [1.29, 1.82) is 0 Å². The molecule has 0 saturated carbocycles. The number of aromatic nitrogens is 2. The zero-order chi connectivity index (χ0) is 10.6. The van der Waals surface area contributed by atoms with Gasteiger partial charge in [0.25, 0.3) is 5.56 Å². The monoisotopic (exact) mass is 325 g/mol. The molecule has 0 aliphatic carbocycles. The molecule has 0 radical (unpaired) electrons. The van der Waals surface area contributed by atoms with Crippen molar-refractivity contribution in [3.8, 4) is 0 Å². The topological polar surface area (TPSA) is 49.0 Å². The zero-order valence-electron chi connectivity index (χ0n) is 8.08. The third-order valence-electron chi connectivity index (χ3n) is 1.77. The Hall–Kier alpha value is -0.240. The van der Waals surface area contributed by atoms with Gasteiger partial charge in [-0.3, -0.25) is 4.79 Å². The van der Waals surface area contributed by atoms with Gasteiger partial charge >= 0.3 is 0 Å². The summed E-state index contributed by atoms with van der Waals surface area (Å²) in [5.74, 6) is 1.78. The van der Waals surface area contributed by atoms with Crippen LogP contribution in [0.2, 0.25) is 0 Å². The van der Waals surface area contributed by atoms with Crippen LogP contribution in [0.25, 0.3) is 0 Å². The van der Waals surface area contributed by atoms with E-state index in [1.165, 1.54) is 6.33 Å². The predicted octanol–water partition coefficient (Wildman–Crippen LogP) is 1.17. The van der Waals surface area contributed by atoms with Gasteiger partial charge in [-0.25, -0.2) is 4.98 Å². The molecular weight excluding hydrogens is 313 g/mol. The van der Waals surface area contributed by atoms with Crippen LogP contribution in [0.4, 0.5) is 5.82 Å². The van der Waals surface area contributed by atoms with Gasteiger partial charge in [0.2, 0.25) is 0 Å². The minimum atomic E-state index is -0.0772. The number of nitrogens with zero attached hydrogens (tertiary/aromatic N) is 2. The molecule has 14 heavy (non-hydrogen) atoms.